The van der Waals surface area contributed by atoms with Gasteiger partial charge in [-0.25, -0.2) is 0 Å². The van der Waals surface area contributed by atoms with Crippen molar-refractivity contribution in [3.05, 3.63) is 23.3 Å². The Labute approximate surface area is 114 Å². The van der Waals surface area contributed by atoms with E-state index in [4.69, 9.17) is 0 Å². The second kappa shape index (κ2) is 5.04. The first kappa shape index (κ1) is 12.8. The molecule has 1 aromatic carbocycles. The second-order valence-electron chi connectivity index (χ2n) is 6.02. The molecule has 104 valence electrons. The Morgan fingerprint density at radius 3 is 2.89 bits per heavy atom. The summed E-state index contributed by atoms with van der Waals surface area (Å²) in [6.45, 7) is 4.61. The van der Waals surface area contributed by atoms with Gasteiger partial charge in [-0.2, -0.15) is 0 Å². The largest absolute Gasteiger partial charge is 0.508 e. The molecule has 1 fully saturated rings. The number of nitrogens with zero attached hydrogens (tertiary/aromatic N) is 1. The molecule has 19 heavy (non-hydrogen) atoms. The van der Waals surface area contributed by atoms with E-state index in [-0.39, 0.29) is 11.5 Å². The monoisotopic (exact) mass is 261 g/mol. The van der Waals surface area contributed by atoms with E-state index in [9.17, 15) is 10.2 Å². The summed E-state index contributed by atoms with van der Waals surface area (Å²) in [4.78, 5) is 2.61. The van der Waals surface area contributed by atoms with E-state index in [0.29, 0.717) is 12.0 Å². The number of likely N-dealkylation sites (tertiary alicyclic amines) is 1. The van der Waals surface area contributed by atoms with Gasteiger partial charge in [0.05, 0.1) is 0 Å². The summed E-state index contributed by atoms with van der Waals surface area (Å²) in [5.41, 5.74) is 2.21. The lowest BCUT2D eigenvalue weighted by Crippen LogP contribution is -2.49. The Morgan fingerprint density at radius 1 is 1.26 bits per heavy atom. The molecule has 1 heterocycles. The first-order valence-electron chi connectivity index (χ1n) is 7.46. The molecular formula is C16H23NO2. The summed E-state index contributed by atoms with van der Waals surface area (Å²) in [6, 6.07) is 3.91. The van der Waals surface area contributed by atoms with Gasteiger partial charge >= 0.3 is 0 Å². The number of rotatable bonds is 2. The van der Waals surface area contributed by atoms with Gasteiger partial charge in [0.25, 0.3) is 0 Å². The number of piperidine rings is 1. The number of hydrogen-bond donors (Lipinski definition) is 2. The lowest BCUT2D eigenvalue weighted by atomic mass is 9.75. The smallest absolute Gasteiger partial charge is 0.122 e. The van der Waals surface area contributed by atoms with Crippen LogP contribution in [0.15, 0.2) is 12.1 Å². The van der Waals surface area contributed by atoms with Crippen molar-refractivity contribution in [2.75, 3.05) is 13.1 Å². The van der Waals surface area contributed by atoms with Gasteiger partial charge in [0, 0.05) is 12.1 Å². The predicted molar refractivity (Wildman–Crippen MR) is 75.6 cm³/mol. The zero-order valence-electron chi connectivity index (χ0n) is 11.6. The fraction of sp³-hybridized carbons (Fsp3) is 0.625. The molecule has 1 aliphatic heterocycles. The van der Waals surface area contributed by atoms with Gasteiger partial charge in [0.1, 0.15) is 11.5 Å². The van der Waals surface area contributed by atoms with Crippen LogP contribution < -0.4 is 0 Å². The van der Waals surface area contributed by atoms with Gasteiger partial charge in [0.15, 0.2) is 0 Å². The molecule has 0 unspecified atom stereocenters. The van der Waals surface area contributed by atoms with Crippen LogP contribution >= 0.6 is 0 Å². The van der Waals surface area contributed by atoms with Crippen molar-refractivity contribution in [2.24, 2.45) is 5.92 Å². The maximum Gasteiger partial charge on any atom is 0.122 e. The summed E-state index contributed by atoms with van der Waals surface area (Å²) in [7, 11) is 0. The predicted octanol–water partition coefficient (Wildman–Crippen LogP) is 2.69. The van der Waals surface area contributed by atoms with Gasteiger partial charge in [-0.1, -0.05) is 6.92 Å². The third-order valence-electron chi connectivity index (χ3n) is 4.74. The minimum atomic E-state index is 0.188. The van der Waals surface area contributed by atoms with E-state index in [2.05, 4.69) is 11.8 Å². The van der Waals surface area contributed by atoms with E-state index >= 15 is 0 Å². The quantitative estimate of drug-likeness (QED) is 0.860. The highest BCUT2D eigenvalue weighted by Crippen LogP contribution is 2.40. The maximum atomic E-state index is 10.0. The van der Waals surface area contributed by atoms with Gasteiger partial charge in [-0.15, -0.1) is 0 Å². The van der Waals surface area contributed by atoms with Crippen molar-refractivity contribution >= 4 is 0 Å². The number of fused-ring (bicyclic) bond motifs is 2. The Hall–Kier alpha value is -1.22. The van der Waals surface area contributed by atoms with Crippen molar-refractivity contribution in [3.8, 4) is 11.5 Å². The van der Waals surface area contributed by atoms with Crippen LogP contribution in [0.5, 0.6) is 11.5 Å². The molecule has 0 radical (unpaired) electrons. The zero-order valence-corrected chi connectivity index (χ0v) is 11.6. The molecule has 1 aliphatic carbocycles. The molecule has 0 aromatic heterocycles. The highest BCUT2D eigenvalue weighted by atomic mass is 16.3. The topological polar surface area (TPSA) is 43.7 Å². The van der Waals surface area contributed by atoms with Crippen molar-refractivity contribution in [3.63, 3.8) is 0 Å². The minimum absolute atomic E-state index is 0.188. The van der Waals surface area contributed by atoms with Gasteiger partial charge in [-0.05, 0) is 68.3 Å². The van der Waals surface area contributed by atoms with Crippen molar-refractivity contribution in [2.45, 2.75) is 45.1 Å². The Balaban J connectivity index is 1.91. The zero-order chi connectivity index (χ0) is 13.4. The van der Waals surface area contributed by atoms with E-state index in [1.165, 1.54) is 38.4 Å². The van der Waals surface area contributed by atoms with Gasteiger partial charge in [0.2, 0.25) is 0 Å². The highest BCUT2D eigenvalue weighted by molar-refractivity contribution is 5.47. The Morgan fingerprint density at radius 2 is 2.11 bits per heavy atom. The number of aromatic hydroxyl groups is 2. The van der Waals surface area contributed by atoms with Crippen LogP contribution in [-0.4, -0.2) is 34.2 Å². The molecule has 3 nitrogen and oxygen atoms in total. The molecule has 0 amide bonds. The first-order valence-corrected chi connectivity index (χ1v) is 7.46. The van der Waals surface area contributed by atoms with Gasteiger partial charge in [-0.3, -0.25) is 4.90 Å². The van der Waals surface area contributed by atoms with Crippen LogP contribution in [0.3, 0.4) is 0 Å². The second-order valence-corrected chi connectivity index (χ2v) is 6.02. The SMILES string of the molecule is CCCN1CCC[C@@H]2Cc3c(O)cc(O)cc3C[C@H]21. The third kappa shape index (κ3) is 2.32. The van der Waals surface area contributed by atoms with Gasteiger partial charge < -0.3 is 10.2 Å². The summed E-state index contributed by atoms with van der Waals surface area (Å²) in [5.74, 6) is 1.14. The fourth-order valence-corrected chi connectivity index (χ4v) is 3.92. The molecule has 1 aromatic rings. The van der Waals surface area contributed by atoms with Crippen molar-refractivity contribution in [1.82, 2.24) is 4.90 Å². The summed E-state index contributed by atoms with van der Waals surface area (Å²) >= 11 is 0. The van der Waals surface area contributed by atoms with E-state index < -0.39 is 0 Å². The summed E-state index contributed by atoms with van der Waals surface area (Å²) in [5, 5.41) is 19.7. The lowest BCUT2D eigenvalue weighted by Gasteiger charge is -2.44. The van der Waals surface area contributed by atoms with Crippen LogP contribution in [0.1, 0.15) is 37.3 Å². The fourth-order valence-electron chi connectivity index (χ4n) is 3.92. The first-order chi connectivity index (χ1) is 9.19. The molecule has 2 aliphatic rings. The molecule has 0 spiro atoms. The molecular weight excluding hydrogens is 238 g/mol. The molecule has 3 rings (SSSR count). The number of phenolic OH excluding ortho intramolecular Hbond substituents is 2. The average Bonchev–Trinajstić information content (AvgIpc) is 2.38. The number of phenols is 2. The summed E-state index contributed by atoms with van der Waals surface area (Å²) < 4.78 is 0. The molecule has 1 saturated heterocycles. The number of hydrogen-bond acceptors (Lipinski definition) is 3. The Kier molecular flexibility index (Phi) is 3.40. The van der Waals surface area contributed by atoms with Crippen LogP contribution in [0.4, 0.5) is 0 Å². The molecule has 2 atom stereocenters. The van der Waals surface area contributed by atoms with E-state index in [1.54, 1.807) is 0 Å². The lowest BCUT2D eigenvalue weighted by molar-refractivity contribution is 0.0848. The van der Waals surface area contributed by atoms with Crippen molar-refractivity contribution < 1.29 is 10.2 Å². The minimum Gasteiger partial charge on any atom is -0.508 e. The van der Waals surface area contributed by atoms with Crippen molar-refractivity contribution in [1.29, 1.82) is 0 Å². The van der Waals surface area contributed by atoms with Crippen LogP contribution in [0.25, 0.3) is 0 Å². The highest BCUT2D eigenvalue weighted by Gasteiger charge is 2.36. The van der Waals surface area contributed by atoms with Crippen LogP contribution in [-0.2, 0) is 12.8 Å². The number of benzene rings is 1. The molecule has 0 saturated carbocycles. The average molecular weight is 261 g/mol. The molecule has 3 heteroatoms. The third-order valence-corrected chi connectivity index (χ3v) is 4.74. The summed E-state index contributed by atoms with van der Waals surface area (Å²) in [6.07, 6.45) is 5.68. The van der Waals surface area contributed by atoms with Crippen LogP contribution in [0.2, 0.25) is 0 Å². The molecule has 2 N–H and O–H groups in total. The Bertz CT molecular complexity index is 470. The molecule has 0 bridgehead atoms. The maximum absolute atomic E-state index is 10.0. The van der Waals surface area contributed by atoms with E-state index in [1.807, 2.05) is 6.07 Å². The van der Waals surface area contributed by atoms with E-state index in [0.717, 1.165) is 24.0 Å². The van der Waals surface area contributed by atoms with Crippen LogP contribution in [0, 0.1) is 5.92 Å². The normalized spacial score (nSPS) is 26.8. The standard InChI is InChI=1S/C16H23NO2/c1-2-5-17-6-3-4-11-8-14-12(9-15(11)17)7-13(18)10-16(14)19/h7,10-11,15,18-19H,2-6,8-9H2,1H3/t11-,15-/m1/s1.